The van der Waals surface area contributed by atoms with Gasteiger partial charge in [0.05, 0.1) is 12.1 Å². The molecule has 1 saturated heterocycles. The smallest absolute Gasteiger partial charge is 0.328 e. The Hall–Kier alpha value is -2.57. The molecule has 1 aliphatic rings. The zero-order valence-corrected chi connectivity index (χ0v) is 12.7. The van der Waals surface area contributed by atoms with Crippen LogP contribution in [0.5, 0.6) is 0 Å². The van der Waals surface area contributed by atoms with Crippen LogP contribution in [0.15, 0.2) is 36.9 Å². The van der Waals surface area contributed by atoms with Crippen LogP contribution in [0.4, 0.5) is 13.2 Å². The van der Waals surface area contributed by atoms with Crippen LogP contribution in [0.25, 0.3) is 0 Å². The van der Waals surface area contributed by atoms with E-state index in [0.717, 1.165) is 18.2 Å². The molecule has 0 aliphatic carbocycles. The number of amides is 1. The molecule has 24 heavy (non-hydrogen) atoms. The summed E-state index contributed by atoms with van der Waals surface area (Å²) < 4.78 is 40.7. The van der Waals surface area contributed by atoms with Crippen LogP contribution in [0.3, 0.4) is 0 Å². The molecule has 1 aromatic rings. The van der Waals surface area contributed by atoms with E-state index in [2.05, 4.69) is 6.58 Å². The number of carboxylic acid groups (broad SMARTS) is 1. The van der Waals surface area contributed by atoms with E-state index in [0.29, 0.717) is 12.8 Å². The molecule has 1 heterocycles. The van der Waals surface area contributed by atoms with Gasteiger partial charge in [-0.25, -0.2) is 18.0 Å². The lowest BCUT2D eigenvalue weighted by Crippen LogP contribution is -2.36. The number of nitrogens with zero attached hydrogens (tertiary/aromatic N) is 1. The number of halogens is 3. The summed E-state index contributed by atoms with van der Waals surface area (Å²) in [5.74, 6) is -5.79. The molecule has 7 heteroatoms. The number of benzene rings is 1. The lowest BCUT2D eigenvalue weighted by Gasteiger charge is -2.29. The third-order valence-electron chi connectivity index (χ3n) is 3.92. The summed E-state index contributed by atoms with van der Waals surface area (Å²) in [6.45, 7) is 3.47. The van der Waals surface area contributed by atoms with Crippen molar-refractivity contribution in [1.29, 1.82) is 0 Å². The molecule has 1 amide bonds. The van der Waals surface area contributed by atoms with Gasteiger partial charge in [0.25, 0.3) is 0 Å². The van der Waals surface area contributed by atoms with E-state index < -0.39 is 41.4 Å². The Morgan fingerprint density at radius 2 is 1.96 bits per heavy atom. The summed E-state index contributed by atoms with van der Waals surface area (Å²) >= 11 is 0. The lowest BCUT2D eigenvalue weighted by atomic mass is 10.0. The number of rotatable bonds is 5. The van der Waals surface area contributed by atoms with Gasteiger partial charge in [-0.3, -0.25) is 4.79 Å². The second-order valence-electron chi connectivity index (χ2n) is 5.42. The molecule has 0 bridgehead atoms. The predicted molar refractivity (Wildman–Crippen MR) is 80.5 cm³/mol. The fourth-order valence-electron chi connectivity index (χ4n) is 2.91. The standard InChI is InChI=1S/C17H16F3NO3/c1-2-3-14(22)21-10(5-9-15(23)24)4-8-13(21)11-6-7-12(18)17(20)16(11)19/h2,5-7,9-10,13H,1,3-4,8H2,(H,23,24)/t10-,13+/m1/s1. The Balaban J connectivity index is 2.41. The van der Waals surface area contributed by atoms with E-state index in [4.69, 9.17) is 5.11 Å². The van der Waals surface area contributed by atoms with Crippen molar-refractivity contribution >= 4 is 11.9 Å². The maximum Gasteiger partial charge on any atom is 0.328 e. The SMILES string of the molecule is C=CCC(=O)N1[C@@H](C=CC(=O)O)CC[C@H]1c1ccc(F)c(F)c1F. The van der Waals surface area contributed by atoms with Gasteiger partial charge >= 0.3 is 5.97 Å². The highest BCUT2D eigenvalue weighted by atomic mass is 19.2. The predicted octanol–water partition coefficient (Wildman–Crippen LogP) is 3.35. The number of likely N-dealkylation sites (tertiary alicyclic amines) is 1. The molecule has 2 rings (SSSR count). The van der Waals surface area contributed by atoms with Crippen LogP contribution in [-0.4, -0.2) is 27.9 Å². The van der Waals surface area contributed by atoms with E-state index >= 15 is 0 Å². The van der Waals surface area contributed by atoms with Crippen LogP contribution >= 0.6 is 0 Å². The van der Waals surface area contributed by atoms with E-state index in [-0.39, 0.29) is 12.0 Å². The molecular formula is C17H16F3NO3. The van der Waals surface area contributed by atoms with Crippen molar-refractivity contribution in [2.75, 3.05) is 0 Å². The van der Waals surface area contributed by atoms with Crippen molar-refractivity contribution in [2.24, 2.45) is 0 Å². The van der Waals surface area contributed by atoms with Crippen LogP contribution in [0, 0.1) is 17.5 Å². The minimum Gasteiger partial charge on any atom is -0.478 e. The Labute approximate surface area is 136 Å². The molecule has 1 aliphatic heterocycles. The highest BCUT2D eigenvalue weighted by molar-refractivity contribution is 5.81. The lowest BCUT2D eigenvalue weighted by molar-refractivity contribution is -0.133. The molecule has 0 aromatic heterocycles. The normalized spacial score (nSPS) is 20.5. The van der Waals surface area contributed by atoms with Crippen molar-refractivity contribution in [1.82, 2.24) is 4.90 Å². The van der Waals surface area contributed by atoms with Crippen molar-refractivity contribution in [3.8, 4) is 0 Å². The second kappa shape index (κ2) is 7.33. The van der Waals surface area contributed by atoms with Gasteiger partial charge in [0, 0.05) is 18.1 Å². The fourth-order valence-corrected chi connectivity index (χ4v) is 2.91. The summed E-state index contributed by atoms with van der Waals surface area (Å²) in [5.41, 5.74) is -0.127. The maximum absolute atomic E-state index is 14.1. The first-order valence-electron chi connectivity index (χ1n) is 7.33. The average molecular weight is 339 g/mol. The molecular weight excluding hydrogens is 323 g/mol. The number of aliphatic carboxylic acids is 1. The first kappa shape index (κ1) is 17.8. The van der Waals surface area contributed by atoms with Gasteiger partial charge in [-0.15, -0.1) is 6.58 Å². The minimum atomic E-state index is -1.59. The molecule has 2 atom stereocenters. The largest absolute Gasteiger partial charge is 0.478 e. The van der Waals surface area contributed by atoms with Crippen molar-refractivity contribution in [3.63, 3.8) is 0 Å². The van der Waals surface area contributed by atoms with Crippen molar-refractivity contribution in [2.45, 2.75) is 31.3 Å². The van der Waals surface area contributed by atoms with Crippen molar-refractivity contribution < 1.29 is 27.9 Å². The molecule has 1 fully saturated rings. The molecule has 0 saturated carbocycles. The zero-order valence-electron chi connectivity index (χ0n) is 12.7. The monoisotopic (exact) mass is 339 g/mol. The van der Waals surface area contributed by atoms with Gasteiger partial charge < -0.3 is 10.0 Å². The Morgan fingerprint density at radius 1 is 1.25 bits per heavy atom. The Kier molecular flexibility index (Phi) is 5.43. The number of carboxylic acids is 1. The summed E-state index contributed by atoms with van der Waals surface area (Å²) in [6, 6.07) is 0.558. The van der Waals surface area contributed by atoms with Gasteiger partial charge in [-0.2, -0.15) is 0 Å². The Bertz CT molecular complexity index is 703. The Morgan fingerprint density at radius 3 is 2.58 bits per heavy atom. The van der Waals surface area contributed by atoms with Crippen LogP contribution in [-0.2, 0) is 9.59 Å². The fraction of sp³-hybridized carbons (Fsp3) is 0.294. The number of hydrogen-bond donors (Lipinski definition) is 1. The highest BCUT2D eigenvalue weighted by Crippen LogP contribution is 2.39. The van der Waals surface area contributed by atoms with Gasteiger partial charge in [-0.05, 0) is 18.9 Å². The van der Waals surface area contributed by atoms with E-state index in [1.54, 1.807) is 0 Å². The minimum absolute atomic E-state index is 0.0286. The molecule has 128 valence electrons. The average Bonchev–Trinajstić information content (AvgIpc) is 2.95. The molecule has 0 unspecified atom stereocenters. The maximum atomic E-state index is 14.1. The summed E-state index contributed by atoms with van der Waals surface area (Å²) in [6.07, 6.45) is 4.27. The number of hydrogen-bond acceptors (Lipinski definition) is 2. The number of carbonyl (C=O) groups is 2. The number of carbonyl (C=O) groups excluding carboxylic acids is 1. The van der Waals surface area contributed by atoms with E-state index in [1.807, 2.05) is 0 Å². The highest BCUT2D eigenvalue weighted by Gasteiger charge is 2.38. The third kappa shape index (κ3) is 3.50. The summed E-state index contributed by atoms with van der Waals surface area (Å²) in [7, 11) is 0. The van der Waals surface area contributed by atoms with Gasteiger partial charge in [0.1, 0.15) is 0 Å². The van der Waals surface area contributed by atoms with E-state index in [9.17, 15) is 22.8 Å². The summed E-state index contributed by atoms with van der Waals surface area (Å²) in [5, 5.41) is 8.74. The van der Waals surface area contributed by atoms with Gasteiger partial charge in [0.15, 0.2) is 17.5 Å². The molecule has 0 spiro atoms. The molecule has 1 aromatic carbocycles. The first-order chi connectivity index (χ1) is 11.4. The first-order valence-corrected chi connectivity index (χ1v) is 7.33. The third-order valence-corrected chi connectivity index (χ3v) is 3.92. The van der Waals surface area contributed by atoms with Crippen LogP contribution in [0.1, 0.15) is 30.9 Å². The topological polar surface area (TPSA) is 57.6 Å². The van der Waals surface area contributed by atoms with Crippen molar-refractivity contribution in [3.05, 3.63) is 60.0 Å². The zero-order chi connectivity index (χ0) is 17.9. The second-order valence-corrected chi connectivity index (χ2v) is 5.42. The van der Waals surface area contributed by atoms with Crippen LogP contribution < -0.4 is 0 Å². The molecule has 4 nitrogen and oxygen atoms in total. The van der Waals surface area contributed by atoms with Crippen LogP contribution in [0.2, 0.25) is 0 Å². The van der Waals surface area contributed by atoms with E-state index in [1.165, 1.54) is 17.1 Å². The van der Waals surface area contributed by atoms with Gasteiger partial charge in [0.2, 0.25) is 5.91 Å². The molecule has 1 N–H and O–H groups in total. The van der Waals surface area contributed by atoms with Gasteiger partial charge in [-0.1, -0.05) is 18.2 Å². The quantitative estimate of drug-likeness (QED) is 0.508. The molecule has 0 radical (unpaired) electrons. The summed E-state index contributed by atoms with van der Waals surface area (Å²) in [4.78, 5) is 24.3.